The van der Waals surface area contributed by atoms with E-state index in [1.54, 1.807) is 0 Å². The van der Waals surface area contributed by atoms with Gasteiger partial charge in [0.05, 0.1) is 18.8 Å². The molecule has 1 aliphatic heterocycles. The van der Waals surface area contributed by atoms with Crippen molar-refractivity contribution in [2.75, 3.05) is 13.2 Å². The molecule has 1 aliphatic rings. The Morgan fingerprint density at radius 3 is 1.73 bits per heavy atom. The van der Waals surface area contributed by atoms with E-state index in [4.69, 9.17) is 24.0 Å². The summed E-state index contributed by atoms with van der Waals surface area (Å²) >= 11 is 0. The summed E-state index contributed by atoms with van der Waals surface area (Å²) in [6.07, 6.45) is 41.5. The Hall–Kier alpha value is -2.03. The number of carbonyl (C=O) groups excluding carboxylic acids is 2. The first kappa shape index (κ1) is 47.0. The van der Waals surface area contributed by atoms with Gasteiger partial charge in [-0.15, -0.1) is 0 Å². The highest BCUT2D eigenvalue weighted by Gasteiger charge is 2.36. The lowest BCUT2D eigenvalue weighted by Gasteiger charge is -2.18. The molecule has 0 bridgehead atoms. The van der Waals surface area contributed by atoms with Crippen molar-refractivity contribution in [3.63, 3.8) is 0 Å². The Kier molecular flexibility index (Phi) is 30.0. The maximum atomic E-state index is 12.4. The number of hydrogen-bond donors (Lipinski definition) is 2. The van der Waals surface area contributed by atoms with Crippen molar-refractivity contribution >= 4 is 19.8 Å². The summed E-state index contributed by atoms with van der Waals surface area (Å²) < 4.78 is 32.0. The van der Waals surface area contributed by atoms with E-state index >= 15 is 0 Å². The zero-order valence-electron chi connectivity index (χ0n) is 31.9. The molecule has 1 fully saturated rings. The zero-order chi connectivity index (χ0) is 37.3. The highest BCUT2D eigenvalue weighted by atomic mass is 31.2. The normalized spacial score (nSPS) is 16.9. The number of rotatable bonds is 35. The minimum absolute atomic E-state index is 0.128. The molecule has 294 valence electrons. The molecule has 0 amide bonds. The van der Waals surface area contributed by atoms with Crippen molar-refractivity contribution in [3.8, 4) is 0 Å². The minimum Gasteiger partial charge on any atom is -0.462 e. The van der Waals surface area contributed by atoms with Crippen LogP contribution in [-0.2, 0) is 32.9 Å². The molecule has 51 heavy (non-hydrogen) atoms. The number of allylic oxidation sites excluding steroid dienone is 6. The monoisotopic (exact) mass is 738 g/mol. The second-order valence-electron chi connectivity index (χ2n) is 13.6. The SMILES string of the molecule is CCCCC/C=C\CC1OC1C/C=C\C/C=C\CCCC(=O)O[C@H](COC(=O)CCCCCCC/C=C\CCCCCCCC)COP(=O)(O)O. The second-order valence-corrected chi connectivity index (χ2v) is 14.9. The summed E-state index contributed by atoms with van der Waals surface area (Å²) in [6.45, 7) is 3.58. The van der Waals surface area contributed by atoms with Gasteiger partial charge in [-0.3, -0.25) is 14.1 Å². The van der Waals surface area contributed by atoms with Crippen molar-refractivity contribution < 1.29 is 42.7 Å². The van der Waals surface area contributed by atoms with E-state index in [0.29, 0.717) is 31.5 Å². The van der Waals surface area contributed by atoms with Crippen LogP contribution >= 0.6 is 7.82 Å². The van der Waals surface area contributed by atoms with Crippen LogP contribution in [0.2, 0.25) is 0 Å². The van der Waals surface area contributed by atoms with Crippen LogP contribution in [0.15, 0.2) is 48.6 Å². The summed E-state index contributed by atoms with van der Waals surface area (Å²) in [5.74, 6) is -0.968. The average molecular weight is 739 g/mol. The van der Waals surface area contributed by atoms with E-state index in [9.17, 15) is 14.2 Å². The molecule has 0 aliphatic carbocycles. The van der Waals surface area contributed by atoms with Crippen molar-refractivity contribution in [1.29, 1.82) is 0 Å². The highest BCUT2D eigenvalue weighted by Crippen LogP contribution is 2.36. The van der Waals surface area contributed by atoms with Gasteiger partial charge in [0.25, 0.3) is 0 Å². The molecule has 0 saturated carbocycles. The van der Waals surface area contributed by atoms with E-state index in [0.717, 1.165) is 57.8 Å². The van der Waals surface area contributed by atoms with Crippen LogP contribution in [0.1, 0.15) is 168 Å². The van der Waals surface area contributed by atoms with Gasteiger partial charge in [0, 0.05) is 12.8 Å². The number of epoxide rings is 1. The predicted octanol–water partition coefficient (Wildman–Crippen LogP) is 10.9. The number of esters is 2. The fraction of sp³-hybridized carbons (Fsp3) is 0.756. The van der Waals surface area contributed by atoms with Gasteiger partial charge in [-0.25, -0.2) is 4.57 Å². The lowest BCUT2D eigenvalue weighted by Crippen LogP contribution is -2.29. The first-order valence-electron chi connectivity index (χ1n) is 20.1. The third-order valence-corrected chi connectivity index (χ3v) is 9.21. The van der Waals surface area contributed by atoms with Crippen LogP contribution in [0, 0.1) is 0 Å². The Morgan fingerprint density at radius 2 is 1.08 bits per heavy atom. The van der Waals surface area contributed by atoms with Gasteiger partial charge >= 0.3 is 19.8 Å². The van der Waals surface area contributed by atoms with E-state index in [2.05, 4.69) is 60.9 Å². The first-order chi connectivity index (χ1) is 24.7. The van der Waals surface area contributed by atoms with Crippen LogP contribution in [-0.4, -0.2) is 53.3 Å². The second kappa shape index (κ2) is 32.6. The molecule has 10 heteroatoms. The molecule has 0 aromatic carbocycles. The van der Waals surface area contributed by atoms with Crippen LogP contribution < -0.4 is 0 Å². The fourth-order valence-corrected chi connectivity index (χ4v) is 5.94. The summed E-state index contributed by atoms with van der Waals surface area (Å²) in [7, 11) is -4.77. The quantitative estimate of drug-likeness (QED) is 0.0214. The first-order valence-corrected chi connectivity index (χ1v) is 21.6. The predicted molar refractivity (Wildman–Crippen MR) is 206 cm³/mol. The molecule has 9 nitrogen and oxygen atoms in total. The molecule has 1 heterocycles. The van der Waals surface area contributed by atoms with Crippen LogP contribution in [0.4, 0.5) is 0 Å². The summed E-state index contributed by atoms with van der Waals surface area (Å²) in [4.78, 5) is 42.8. The lowest BCUT2D eigenvalue weighted by molar-refractivity contribution is -0.161. The summed E-state index contributed by atoms with van der Waals surface area (Å²) in [5, 5.41) is 0. The highest BCUT2D eigenvalue weighted by molar-refractivity contribution is 7.46. The van der Waals surface area contributed by atoms with E-state index < -0.39 is 32.5 Å². The molecule has 0 radical (unpaired) electrons. The lowest BCUT2D eigenvalue weighted by atomic mass is 10.1. The Bertz CT molecular complexity index is 1030. The van der Waals surface area contributed by atoms with Gasteiger partial charge in [-0.05, 0) is 77.0 Å². The van der Waals surface area contributed by atoms with Gasteiger partial charge in [0.2, 0.25) is 0 Å². The largest absolute Gasteiger partial charge is 0.469 e. The molecule has 0 aromatic rings. The number of hydrogen-bond acceptors (Lipinski definition) is 7. The molecular weight excluding hydrogens is 667 g/mol. The van der Waals surface area contributed by atoms with Gasteiger partial charge in [0.1, 0.15) is 6.61 Å². The third-order valence-electron chi connectivity index (χ3n) is 8.72. The minimum atomic E-state index is -4.77. The third kappa shape index (κ3) is 32.4. The number of carbonyl (C=O) groups is 2. The van der Waals surface area contributed by atoms with E-state index in [1.165, 1.54) is 64.2 Å². The molecule has 1 rings (SSSR count). The molecule has 2 N–H and O–H groups in total. The summed E-state index contributed by atoms with van der Waals surface area (Å²) in [5.41, 5.74) is 0. The smallest absolute Gasteiger partial charge is 0.462 e. The number of ether oxygens (including phenoxy) is 3. The maximum absolute atomic E-state index is 12.4. The van der Waals surface area contributed by atoms with Crippen molar-refractivity contribution in [1.82, 2.24) is 0 Å². The average Bonchev–Trinajstić information content (AvgIpc) is 3.85. The molecule has 0 aromatic heterocycles. The molecule has 2 unspecified atom stereocenters. The van der Waals surface area contributed by atoms with Crippen molar-refractivity contribution in [2.45, 2.75) is 186 Å². The van der Waals surface area contributed by atoms with Gasteiger partial charge in [0.15, 0.2) is 6.10 Å². The molecule has 0 spiro atoms. The van der Waals surface area contributed by atoms with Crippen molar-refractivity contribution in [2.24, 2.45) is 0 Å². The number of phosphoric ester groups is 1. The van der Waals surface area contributed by atoms with Crippen LogP contribution in [0.3, 0.4) is 0 Å². The van der Waals surface area contributed by atoms with E-state index in [-0.39, 0.29) is 19.4 Å². The zero-order valence-corrected chi connectivity index (χ0v) is 32.8. The van der Waals surface area contributed by atoms with Gasteiger partial charge < -0.3 is 24.0 Å². The van der Waals surface area contributed by atoms with Gasteiger partial charge in [-0.2, -0.15) is 0 Å². The standard InChI is InChI=1S/C41H71O9P/c1-3-5-7-9-11-12-13-14-15-16-17-18-21-25-29-33-40(42)47-35-37(36-48-51(44,45)46)49-41(43)34-30-26-22-19-20-24-28-32-39-38(50-39)31-27-23-10-8-6-4-2/h14-15,19,22-24,27-28,37-39H,3-13,16-18,20-21,25-26,29-36H2,1-2H3,(H2,44,45,46)/b15-14-,22-19-,27-23-,28-24-/t37-,38?,39?/m1/s1. The molecule has 3 atom stereocenters. The Labute approximate surface area is 309 Å². The van der Waals surface area contributed by atoms with Crippen molar-refractivity contribution in [3.05, 3.63) is 48.6 Å². The Balaban J connectivity index is 2.13. The van der Waals surface area contributed by atoms with Gasteiger partial charge in [-0.1, -0.05) is 127 Å². The van der Waals surface area contributed by atoms with E-state index in [1.807, 2.05) is 6.08 Å². The maximum Gasteiger partial charge on any atom is 0.469 e. The summed E-state index contributed by atoms with van der Waals surface area (Å²) in [6, 6.07) is 0. The Morgan fingerprint density at radius 1 is 0.608 bits per heavy atom. The van der Waals surface area contributed by atoms with Crippen LogP contribution in [0.25, 0.3) is 0 Å². The number of phosphoric acid groups is 1. The number of unbranched alkanes of at least 4 members (excludes halogenated alkanes) is 15. The molecular formula is C41H71O9P. The topological polar surface area (TPSA) is 132 Å². The molecule has 1 saturated heterocycles. The fourth-order valence-electron chi connectivity index (χ4n) is 5.58. The van der Waals surface area contributed by atoms with Crippen LogP contribution in [0.5, 0.6) is 0 Å².